The Kier molecular flexibility index (Phi) is 4.38. The number of unbranched alkanes of at least 4 members (excludes halogenated alkanes) is 1. The number of aromatic nitrogens is 2. The molecule has 1 aromatic heterocycles. The Morgan fingerprint density at radius 2 is 2.40 bits per heavy atom. The van der Waals surface area contributed by atoms with Gasteiger partial charge in [-0.25, -0.2) is 0 Å². The average Bonchev–Trinajstić information content (AvgIpc) is 2.52. The molecule has 0 aliphatic carbocycles. The summed E-state index contributed by atoms with van der Waals surface area (Å²) < 4.78 is 1.85. The lowest BCUT2D eigenvalue weighted by atomic mass is 10.1. The van der Waals surface area contributed by atoms with Crippen molar-refractivity contribution in [2.24, 2.45) is 7.05 Å². The van der Waals surface area contributed by atoms with Crippen molar-refractivity contribution < 1.29 is 0 Å². The average molecular weight is 205 g/mol. The molecule has 3 nitrogen and oxygen atoms in total. The topological polar surface area (TPSA) is 29.9 Å². The zero-order valence-electron chi connectivity index (χ0n) is 9.75. The number of nitrogens with zero attached hydrogens (tertiary/aromatic N) is 2. The number of terminal acetylenes is 1. The highest BCUT2D eigenvalue weighted by Gasteiger charge is 2.10. The molecule has 1 atom stereocenters. The molecular formula is C12H19N3. The van der Waals surface area contributed by atoms with E-state index in [0.29, 0.717) is 6.04 Å². The second kappa shape index (κ2) is 5.57. The molecule has 3 heteroatoms. The van der Waals surface area contributed by atoms with Gasteiger partial charge in [0.25, 0.3) is 0 Å². The molecule has 0 spiro atoms. The minimum atomic E-state index is 0.344. The maximum absolute atomic E-state index is 5.19. The summed E-state index contributed by atoms with van der Waals surface area (Å²) in [6.07, 6.45) is 9.12. The Labute approximate surface area is 91.9 Å². The lowest BCUT2D eigenvalue weighted by Crippen LogP contribution is -2.20. The Hall–Kier alpha value is -1.27. The number of hydrogen-bond donors (Lipinski definition) is 1. The molecule has 0 bridgehead atoms. The summed E-state index contributed by atoms with van der Waals surface area (Å²) in [5, 5.41) is 7.76. The normalized spacial score (nSPS) is 12.4. The Morgan fingerprint density at radius 1 is 1.67 bits per heavy atom. The van der Waals surface area contributed by atoms with Gasteiger partial charge in [0.2, 0.25) is 0 Å². The summed E-state index contributed by atoms with van der Waals surface area (Å²) in [6.45, 7) is 5.15. The first-order valence-corrected chi connectivity index (χ1v) is 5.32. The van der Waals surface area contributed by atoms with Gasteiger partial charge in [-0.3, -0.25) is 4.68 Å². The number of aryl methyl sites for hydroxylation is 2. The van der Waals surface area contributed by atoms with Crippen LogP contribution in [0.2, 0.25) is 0 Å². The first-order valence-electron chi connectivity index (χ1n) is 5.32. The maximum atomic E-state index is 5.19. The van der Waals surface area contributed by atoms with Crippen molar-refractivity contribution in [2.75, 3.05) is 6.54 Å². The summed E-state index contributed by atoms with van der Waals surface area (Å²) in [5.41, 5.74) is 2.35. The van der Waals surface area contributed by atoms with E-state index in [0.717, 1.165) is 25.1 Å². The van der Waals surface area contributed by atoms with Crippen molar-refractivity contribution in [3.8, 4) is 12.3 Å². The van der Waals surface area contributed by atoms with Crippen molar-refractivity contribution in [1.82, 2.24) is 15.1 Å². The summed E-state index contributed by atoms with van der Waals surface area (Å²) in [4.78, 5) is 0. The van der Waals surface area contributed by atoms with Crippen LogP contribution in [0.15, 0.2) is 6.20 Å². The summed E-state index contributed by atoms with van der Waals surface area (Å²) in [6, 6.07) is 0.344. The molecule has 0 saturated heterocycles. The molecule has 82 valence electrons. The number of hydrogen-bond acceptors (Lipinski definition) is 2. The third kappa shape index (κ3) is 3.41. The highest BCUT2D eigenvalue weighted by Crippen LogP contribution is 2.15. The maximum Gasteiger partial charge on any atom is 0.0641 e. The molecule has 0 saturated carbocycles. The van der Waals surface area contributed by atoms with Gasteiger partial charge in [0.15, 0.2) is 0 Å². The van der Waals surface area contributed by atoms with Crippen LogP contribution in [-0.2, 0) is 7.05 Å². The van der Waals surface area contributed by atoms with Crippen LogP contribution in [-0.4, -0.2) is 16.3 Å². The molecule has 0 amide bonds. The van der Waals surface area contributed by atoms with Crippen molar-refractivity contribution in [3.63, 3.8) is 0 Å². The highest BCUT2D eigenvalue weighted by atomic mass is 15.3. The van der Waals surface area contributed by atoms with Crippen LogP contribution in [0.1, 0.15) is 37.1 Å². The molecule has 1 rings (SSSR count). The Bertz CT molecular complexity index is 346. The fraction of sp³-hybridized carbons (Fsp3) is 0.583. The van der Waals surface area contributed by atoms with E-state index in [4.69, 9.17) is 6.42 Å². The highest BCUT2D eigenvalue weighted by molar-refractivity contribution is 5.19. The van der Waals surface area contributed by atoms with Crippen molar-refractivity contribution >= 4 is 0 Å². The summed E-state index contributed by atoms with van der Waals surface area (Å²) >= 11 is 0. The van der Waals surface area contributed by atoms with E-state index in [1.165, 1.54) is 5.56 Å². The van der Waals surface area contributed by atoms with Gasteiger partial charge in [-0.15, -0.1) is 12.3 Å². The quantitative estimate of drug-likeness (QED) is 0.586. The standard InChI is InChI=1S/C12H19N3/c1-5-6-7-8-13-10(2)12-9-15(4)14-11(12)3/h1,9-10,13H,6-8H2,2-4H3. The summed E-state index contributed by atoms with van der Waals surface area (Å²) in [7, 11) is 1.95. The van der Waals surface area contributed by atoms with E-state index in [-0.39, 0.29) is 0 Å². The summed E-state index contributed by atoms with van der Waals surface area (Å²) in [5.74, 6) is 2.64. The van der Waals surface area contributed by atoms with Crippen molar-refractivity contribution in [3.05, 3.63) is 17.5 Å². The van der Waals surface area contributed by atoms with E-state index in [1.807, 2.05) is 18.7 Å². The van der Waals surface area contributed by atoms with Gasteiger partial charge >= 0.3 is 0 Å². The van der Waals surface area contributed by atoms with Gasteiger partial charge in [-0.2, -0.15) is 5.10 Å². The van der Waals surface area contributed by atoms with Crippen LogP contribution in [0.25, 0.3) is 0 Å². The number of nitrogens with one attached hydrogen (secondary N) is 1. The zero-order chi connectivity index (χ0) is 11.3. The fourth-order valence-corrected chi connectivity index (χ4v) is 1.66. The van der Waals surface area contributed by atoms with Gasteiger partial charge < -0.3 is 5.32 Å². The van der Waals surface area contributed by atoms with E-state index >= 15 is 0 Å². The van der Waals surface area contributed by atoms with Crippen LogP contribution in [0.5, 0.6) is 0 Å². The minimum Gasteiger partial charge on any atom is -0.310 e. The number of rotatable bonds is 5. The molecular weight excluding hydrogens is 186 g/mol. The van der Waals surface area contributed by atoms with Crippen molar-refractivity contribution in [2.45, 2.75) is 32.7 Å². The Morgan fingerprint density at radius 3 is 2.93 bits per heavy atom. The van der Waals surface area contributed by atoms with E-state index in [2.05, 4.69) is 29.5 Å². The molecule has 0 aliphatic rings. The zero-order valence-corrected chi connectivity index (χ0v) is 9.75. The first-order chi connectivity index (χ1) is 7.15. The van der Waals surface area contributed by atoms with Gasteiger partial charge in [0.1, 0.15) is 0 Å². The van der Waals surface area contributed by atoms with Crippen LogP contribution in [0, 0.1) is 19.3 Å². The monoisotopic (exact) mass is 205 g/mol. The van der Waals surface area contributed by atoms with Gasteiger partial charge in [-0.05, 0) is 26.8 Å². The molecule has 1 aromatic rings. The van der Waals surface area contributed by atoms with Crippen LogP contribution >= 0.6 is 0 Å². The van der Waals surface area contributed by atoms with Gasteiger partial charge in [0, 0.05) is 31.3 Å². The third-order valence-corrected chi connectivity index (χ3v) is 2.47. The van der Waals surface area contributed by atoms with E-state index in [1.54, 1.807) is 0 Å². The molecule has 1 N–H and O–H groups in total. The smallest absolute Gasteiger partial charge is 0.0641 e. The molecule has 1 heterocycles. The second-order valence-electron chi connectivity index (χ2n) is 3.83. The second-order valence-corrected chi connectivity index (χ2v) is 3.83. The van der Waals surface area contributed by atoms with Crippen LogP contribution in [0.3, 0.4) is 0 Å². The van der Waals surface area contributed by atoms with E-state index in [9.17, 15) is 0 Å². The molecule has 0 aromatic carbocycles. The first kappa shape index (κ1) is 11.8. The lowest BCUT2D eigenvalue weighted by molar-refractivity contribution is 0.560. The third-order valence-electron chi connectivity index (χ3n) is 2.47. The lowest BCUT2D eigenvalue weighted by Gasteiger charge is -2.12. The van der Waals surface area contributed by atoms with Gasteiger partial charge in [-0.1, -0.05) is 0 Å². The van der Waals surface area contributed by atoms with Gasteiger partial charge in [0.05, 0.1) is 5.69 Å². The van der Waals surface area contributed by atoms with Crippen LogP contribution in [0.4, 0.5) is 0 Å². The minimum absolute atomic E-state index is 0.344. The predicted molar refractivity (Wildman–Crippen MR) is 62.4 cm³/mol. The molecule has 1 unspecified atom stereocenters. The van der Waals surface area contributed by atoms with Crippen molar-refractivity contribution in [1.29, 1.82) is 0 Å². The Balaban J connectivity index is 2.43. The SMILES string of the molecule is C#CCCCNC(C)c1cn(C)nc1C. The molecule has 15 heavy (non-hydrogen) atoms. The fourth-order valence-electron chi connectivity index (χ4n) is 1.66. The van der Waals surface area contributed by atoms with E-state index < -0.39 is 0 Å². The molecule has 0 fully saturated rings. The largest absolute Gasteiger partial charge is 0.310 e. The predicted octanol–water partition coefficient (Wildman–Crippen LogP) is 1.79. The molecule has 0 aliphatic heterocycles. The van der Waals surface area contributed by atoms with Crippen LogP contribution < -0.4 is 5.32 Å². The molecule has 0 radical (unpaired) electrons.